The van der Waals surface area contributed by atoms with Gasteiger partial charge in [0.1, 0.15) is 11.5 Å². The number of carbonyl (C=O) groups excluding carboxylic acids is 1. The molecule has 1 fully saturated rings. The zero-order valence-electron chi connectivity index (χ0n) is 12.6. The Kier molecular flexibility index (Phi) is 4.88. The van der Waals surface area contributed by atoms with Crippen molar-refractivity contribution >= 4 is 5.91 Å². The van der Waals surface area contributed by atoms with Crippen LogP contribution >= 0.6 is 0 Å². The van der Waals surface area contributed by atoms with Crippen LogP contribution in [-0.4, -0.2) is 38.1 Å². The van der Waals surface area contributed by atoms with E-state index in [1.165, 1.54) is 12.8 Å². The van der Waals surface area contributed by atoms with Gasteiger partial charge in [-0.15, -0.1) is 0 Å². The van der Waals surface area contributed by atoms with Crippen LogP contribution < -0.4 is 9.47 Å². The van der Waals surface area contributed by atoms with Crippen molar-refractivity contribution in [2.75, 3.05) is 27.3 Å². The number of amides is 1. The number of hydrogen-bond acceptors (Lipinski definition) is 3. The molecule has 0 bridgehead atoms. The first-order valence-electron chi connectivity index (χ1n) is 7.19. The monoisotopic (exact) mass is 277 g/mol. The first kappa shape index (κ1) is 14.7. The molecule has 0 atom stereocenters. The van der Waals surface area contributed by atoms with E-state index >= 15 is 0 Å². The van der Waals surface area contributed by atoms with E-state index in [1.807, 2.05) is 24.0 Å². The summed E-state index contributed by atoms with van der Waals surface area (Å²) in [6, 6.07) is 3.62. The Morgan fingerprint density at radius 2 is 1.50 bits per heavy atom. The number of nitrogens with zero attached hydrogens (tertiary/aromatic N) is 1. The molecule has 4 nitrogen and oxygen atoms in total. The molecule has 110 valence electrons. The molecule has 1 aromatic carbocycles. The molecule has 20 heavy (non-hydrogen) atoms. The van der Waals surface area contributed by atoms with E-state index in [1.54, 1.807) is 14.2 Å². The van der Waals surface area contributed by atoms with Gasteiger partial charge in [0.05, 0.1) is 14.2 Å². The molecule has 0 aromatic heterocycles. The highest BCUT2D eigenvalue weighted by atomic mass is 16.5. The van der Waals surface area contributed by atoms with Gasteiger partial charge in [-0.25, -0.2) is 0 Å². The number of hydrogen-bond donors (Lipinski definition) is 0. The van der Waals surface area contributed by atoms with Gasteiger partial charge in [0.2, 0.25) is 0 Å². The number of likely N-dealkylation sites (tertiary alicyclic amines) is 1. The molecule has 0 N–H and O–H groups in total. The lowest BCUT2D eigenvalue weighted by Gasteiger charge is -2.21. The highest BCUT2D eigenvalue weighted by Gasteiger charge is 2.20. The second-order valence-corrected chi connectivity index (χ2v) is 5.21. The Morgan fingerprint density at radius 3 is 1.95 bits per heavy atom. The number of rotatable bonds is 3. The van der Waals surface area contributed by atoms with Crippen LogP contribution in [0.3, 0.4) is 0 Å². The minimum absolute atomic E-state index is 0.0727. The lowest BCUT2D eigenvalue weighted by atomic mass is 10.1. The highest BCUT2D eigenvalue weighted by molar-refractivity contribution is 5.95. The minimum atomic E-state index is 0.0727. The topological polar surface area (TPSA) is 38.8 Å². The maximum Gasteiger partial charge on any atom is 0.254 e. The minimum Gasteiger partial charge on any atom is -0.496 e. The molecule has 1 aliphatic rings. The van der Waals surface area contributed by atoms with Gasteiger partial charge in [-0.2, -0.15) is 0 Å². The lowest BCUT2D eigenvalue weighted by Crippen LogP contribution is -2.31. The average Bonchev–Trinajstić information content (AvgIpc) is 2.75. The van der Waals surface area contributed by atoms with E-state index in [9.17, 15) is 4.79 Å². The molecule has 1 aliphatic heterocycles. The molecule has 0 saturated carbocycles. The first-order valence-corrected chi connectivity index (χ1v) is 7.19. The predicted octanol–water partition coefficient (Wildman–Crippen LogP) is 3.03. The third-order valence-electron chi connectivity index (χ3n) is 3.89. The van der Waals surface area contributed by atoms with Crippen molar-refractivity contribution in [3.8, 4) is 11.5 Å². The Balaban J connectivity index is 2.28. The molecule has 1 amide bonds. The fourth-order valence-electron chi connectivity index (χ4n) is 2.67. The molecule has 0 aliphatic carbocycles. The maximum atomic E-state index is 12.6. The second-order valence-electron chi connectivity index (χ2n) is 5.21. The van der Waals surface area contributed by atoms with Crippen LogP contribution in [0.4, 0.5) is 0 Å². The molecular weight excluding hydrogens is 254 g/mol. The summed E-state index contributed by atoms with van der Waals surface area (Å²) < 4.78 is 10.7. The quantitative estimate of drug-likeness (QED) is 0.852. The van der Waals surface area contributed by atoms with Crippen molar-refractivity contribution in [1.82, 2.24) is 4.90 Å². The van der Waals surface area contributed by atoms with E-state index < -0.39 is 0 Å². The lowest BCUT2D eigenvalue weighted by molar-refractivity contribution is 0.0761. The fourth-order valence-corrected chi connectivity index (χ4v) is 2.67. The van der Waals surface area contributed by atoms with Gasteiger partial charge in [-0.3, -0.25) is 4.79 Å². The predicted molar refractivity (Wildman–Crippen MR) is 78.7 cm³/mol. The van der Waals surface area contributed by atoms with Crippen molar-refractivity contribution in [1.29, 1.82) is 0 Å². The summed E-state index contributed by atoms with van der Waals surface area (Å²) in [5.41, 5.74) is 1.56. The smallest absolute Gasteiger partial charge is 0.254 e. The normalized spacial score (nSPS) is 15.7. The van der Waals surface area contributed by atoms with Gasteiger partial charge >= 0.3 is 0 Å². The number of carbonyl (C=O) groups is 1. The van der Waals surface area contributed by atoms with Crippen LogP contribution in [0, 0.1) is 6.92 Å². The van der Waals surface area contributed by atoms with Crippen molar-refractivity contribution in [3.63, 3.8) is 0 Å². The maximum absolute atomic E-state index is 12.6. The molecule has 4 heteroatoms. The number of benzene rings is 1. The van der Waals surface area contributed by atoms with Gasteiger partial charge in [-0.05, 0) is 31.9 Å². The Morgan fingerprint density at radius 1 is 1.00 bits per heavy atom. The van der Waals surface area contributed by atoms with Gasteiger partial charge in [0, 0.05) is 24.2 Å². The fraction of sp³-hybridized carbons (Fsp3) is 0.562. The van der Waals surface area contributed by atoms with Crippen molar-refractivity contribution in [2.45, 2.75) is 32.6 Å². The second kappa shape index (κ2) is 6.64. The molecular formula is C16H23NO3. The van der Waals surface area contributed by atoms with Crippen LogP contribution in [0.1, 0.15) is 41.6 Å². The van der Waals surface area contributed by atoms with Gasteiger partial charge in [0.15, 0.2) is 0 Å². The largest absolute Gasteiger partial charge is 0.496 e. The first-order chi connectivity index (χ1) is 9.67. The summed E-state index contributed by atoms with van der Waals surface area (Å²) in [6.07, 6.45) is 4.60. The summed E-state index contributed by atoms with van der Waals surface area (Å²) >= 11 is 0. The van der Waals surface area contributed by atoms with Crippen LogP contribution in [-0.2, 0) is 0 Å². The van der Waals surface area contributed by atoms with Crippen molar-refractivity contribution in [3.05, 3.63) is 23.3 Å². The van der Waals surface area contributed by atoms with Gasteiger partial charge < -0.3 is 14.4 Å². The molecule has 1 heterocycles. The van der Waals surface area contributed by atoms with E-state index in [2.05, 4.69) is 0 Å². The van der Waals surface area contributed by atoms with Crippen LogP contribution in [0.5, 0.6) is 11.5 Å². The Hall–Kier alpha value is -1.71. The zero-order chi connectivity index (χ0) is 14.5. The van der Waals surface area contributed by atoms with Crippen molar-refractivity contribution in [2.24, 2.45) is 0 Å². The Bertz CT molecular complexity index is 452. The SMILES string of the molecule is COc1cc(C(=O)N2CCCCCC2)cc(OC)c1C. The van der Waals surface area contributed by atoms with Gasteiger partial charge in [0.25, 0.3) is 5.91 Å². The summed E-state index contributed by atoms with van der Waals surface area (Å²) in [4.78, 5) is 14.6. The molecule has 0 radical (unpaired) electrons. The number of methoxy groups -OCH3 is 2. The van der Waals surface area contributed by atoms with Crippen molar-refractivity contribution < 1.29 is 14.3 Å². The van der Waals surface area contributed by atoms with E-state index in [0.717, 1.165) is 31.5 Å². The molecule has 1 saturated heterocycles. The summed E-state index contributed by atoms with van der Waals surface area (Å²) in [5, 5.41) is 0. The number of ether oxygens (including phenoxy) is 2. The van der Waals surface area contributed by atoms with Crippen LogP contribution in [0.2, 0.25) is 0 Å². The standard InChI is InChI=1S/C16H23NO3/c1-12-14(19-2)10-13(11-15(12)20-3)16(18)17-8-6-4-5-7-9-17/h10-11H,4-9H2,1-3H3. The summed E-state index contributed by atoms with van der Waals surface area (Å²) in [6.45, 7) is 3.62. The average molecular weight is 277 g/mol. The van der Waals surface area contributed by atoms with E-state index in [-0.39, 0.29) is 5.91 Å². The van der Waals surface area contributed by atoms with Crippen LogP contribution in [0.15, 0.2) is 12.1 Å². The molecule has 1 aromatic rings. The molecule has 2 rings (SSSR count). The van der Waals surface area contributed by atoms with Crippen LogP contribution in [0.25, 0.3) is 0 Å². The van der Waals surface area contributed by atoms with E-state index in [0.29, 0.717) is 17.1 Å². The third-order valence-corrected chi connectivity index (χ3v) is 3.89. The summed E-state index contributed by atoms with van der Waals surface area (Å²) in [5.74, 6) is 1.47. The Labute approximate surface area is 120 Å². The third kappa shape index (κ3) is 3.06. The molecule has 0 unspecified atom stereocenters. The summed E-state index contributed by atoms with van der Waals surface area (Å²) in [7, 11) is 3.23. The highest BCUT2D eigenvalue weighted by Crippen LogP contribution is 2.30. The molecule has 0 spiro atoms. The van der Waals surface area contributed by atoms with E-state index in [4.69, 9.17) is 9.47 Å². The zero-order valence-corrected chi connectivity index (χ0v) is 12.6. The van der Waals surface area contributed by atoms with Gasteiger partial charge in [-0.1, -0.05) is 12.8 Å².